The molecule has 0 spiro atoms. The number of benzene rings is 2. The summed E-state index contributed by atoms with van der Waals surface area (Å²) in [6.45, 7) is 4.40. The first kappa shape index (κ1) is 13.0. The van der Waals surface area contributed by atoms with E-state index in [4.69, 9.17) is 0 Å². The molecule has 0 radical (unpaired) electrons. The lowest BCUT2D eigenvalue weighted by molar-refractivity contribution is 0.927. The third kappa shape index (κ3) is 1.84. The molecule has 0 saturated carbocycles. The molecule has 1 aromatic heterocycles. The minimum absolute atomic E-state index is 0.576. The van der Waals surface area contributed by atoms with Gasteiger partial charge in [-0.15, -0.1) is 23.1 Å². The van der Waals surface area contributed by atoms with E-state index in [1.165, 1.54) is 41.1 Å². The number of rotatable bonds is 0. The fraction of sp³-hybridized carbons (Fsp3) is 0.200. The molecule has 3 aromatic rings. The van der Waals surface area contributed by atoms with Gasteiger partial charge in [0.15, 0.2) is 0 Å². The van der Waals surface area contributed by atoms with Crippen LogP contribution in [0.25, 0.3) is 32.3 Å². The second-order valence-electron chi connectivity index (χ2n) is 6.35. The highest BCUT2D eigenvalue weighted by Gasteiger charge is 2.25. The summed E-state index contributed by atoms with van der Waals surface area (Å²) in [5, 5.41) is 6.22. The summed E-state index contributed by atoms with van der Waals surface area (Å²) < 4.78 is 2.82. The molecule has 2 heteroatoms. The summed E-state index contributed by atoms with van der Waals surface area (Å²) in [4.78, 5) is 1.46. The largest absolute Gasteiger partial charge is 0.135 e. The Morgan fingerprint density at radius 1 is 0.818 bits per heavy atom. The summed E-state index contributed by atoms with van der Waals surface area (Å²) in [6.07, 6.45) is 7.33. The van der Waals surface area contributed by atoms with Crippen molar-refractivity contribution in [2.45, 2.75) is 19.1 Å². The first-order valence-corrected chi connectivity index (χ1v) is 9.39. The van der Waals surface area contributed by atoms with Crippen LogP contribution in [0.3, 0.4) is 0 Å². The van der Waals surface area contributed by atoms with Crippen molar-refractivity contribution in [3.05, 3.63) is 57.3 Å². The summed E-state index contributed by atoms with van der Waals surface area (Å²) in [6, 6.07) is 11.6. The van der Waals surface area contributed by atoms with Gasteiger partial charge < -0.3 is 0 Å². The Morgan fingerprint density at radius 3 is 2.55 bits per heavy atom. The standard InChI is InChI=1S/C20H16S2/c1-11-3-4-16-17-8-14-9-18-15(6-12(2)21-18)7-13(14)10-20(17)22-19(16)5-11/h3-10,15,18H,1-2H3. The van der Waals surface area contributed by atoms with Gasteiger partial charge in [-0.2, -0.15) is 0 Å². The van der Waals surface area contributed by atoms with Crippen molar-refractivity contribution in [1.82, 2.24) is 0 Å². The summed E-state index contributed by atoms with van der Waals surface area (Å²) in [7, 11) is 0. The fourth-order valence-electron chi connectivity index (χ4n) is 3.62. The molecule has 22 heavy (non-hydrogen) atoms. The molecule has 0 fully saturated rings. The zero-order valence-corrected chi connectivity index (χ0v) is 14.2. The van der Waals surface area contributed by atoms with Gasteiger partial charge in [0.25, 0.3) is 0 Å². The minimum atomic E-state index is 0.576. The molecular formula is C20H16S2. The van der Waals surface area contributed by atoms with Crippen LogP contribution in [-0.2, 0) is 0 Å². The SMILES string of the molecule is CC1=CC2C=c3cc4sc5cc(C)ccc5c4cc3=CC2S1. The topological polar surface area (TPSA) is 0 Å². The van der Waals surface area contributed by atoms with Gasteiger partial charge in [-0.25, -0.2) is 0 Å². The van der Waals surface area contributed by atoms with Crippen molar-refractivity contribution in [1.29, 1.82) is 0 Å². The molecule has 0 amide bonds. The maximum Gasteiger partial charge on any atom is 0.0378 e. The van der Waals surface area contributed by atoms with Gasteiger partial charge in [0.1, 0.15) is 0 Å². The molecule has 108 valence electrons. The molecule has 2 aliphatic rings. The minimum Gasteiger partial charge on any atom is -0.135 e. The van der Waals surface area contributed by atoms with E-state index in [0.29, 0.717) is 11.2 Å². The van der Waals surface area contributed by atoms with Crippen LogP contribution < -0.4 is 10.4 Å². The average molecular weight is 320 g/mol. The lowest BCUT2D eigenvalue weighted by Gasteiger charge is -2.15. The first-order valence-electron chi connectivity index (χ1n) is 7.69. The quantitative estimate of drug-likeness (QED) is 0.584. The Labute approximate surface area is 137 Å². The monoisotopic (exact) mass is 320 g/mol. The molecule has 2 unspecified atom stereocenters. The van der Waals surface area contributed by atoms with Crippen LogP contribution in [0.2, 0.25) is 0 Å². The Morgan fingerprint density at radius 2 is 1.64 bits per heavy atom. The van der Waals surface area contributed by atoms with E-state index in [2.05, 4.69) is 62.4 Å². The summed E-state index contributed by atoms with van der Waals surface area (Å²) in [5.41, 5.74) is 1.34. The maximum absolute atomic E-state index is 2.47. The van der Waals surface area contributed by atoms with Crippen molar-refractivity contribution in [3.63, 3.8) is 0 Å². The van der Waals surface area contributed by atoms with Crippen LogP contribution in [0.5, 0.6) is 0 Å². The molecular weight excluding hydrogens is 304 g/mol. The Balaban J connectivity index is 1.84. The van der Waals surface area contributed by atoms with Crippen molar-refractivity contribution >= 4 is 55.4 Å². The zero-order valence-electron chi connectivity index (χ0n) is 12.6. The normalized spacial score (nSPS) is 22.9. The summed E-state index contributed by atoms with van der Waals surface area (Å²) >= 11 is 3.92. The van der Waals surface area contributed by atoms with Gasteiger partial charge in [0.05, 0.1) is 0 Å². The number of aryl methyl sites for hydroxylation is 1. The summed E-state index contributed by atoms with van der Waals surface area (Å²) in [5.74, 6) is 0.576. The second kappa shape index (κ2) is 4.50. The first-order chi connectivity index (χ1) is 10.7. The molecule has 1 aliphatic heterocycles. The van der Waals surface area contributed by atoms with Gasteiger partial charge in [-0.3, -0.25) is 0 Å². The van der Waals surface area contributed by atoms with Crippen LogP contribution in [0.1, 0.15) is 12.5 Å². The average Bonchev–Trinajstić information content (AvgIpc) is 3.00. The molecule has 2 atom stereocenters. The van der Waals surface area contributed by atoms with Gasteiger partial charge in [-0.05, 0) is 53.0 Å². The second-order valence-corrected chi connectivity index (χ2v) is 8.86. The Kier molecular flexibility index (Phi) is 2.65. The third-order valence-corrected chi connectivity index (χ3v) is 7.02. The van der Waals surface area contributed by atoms with Gasteiger partial charge in [0, 0.05) is 31.3 Å². The van der Waals surface area contributed by atoms with Crippen molar-refractivity contribution < 1.29 is 0 Å². The number of thioether (sulfide) groups is 1. The number of allylic oxidation sites excluding steroid dienone is 2. The predicted molar refractivity (Wildman–Crippen MR) is 101 cm³/mol. The Hall–Kier alpha value is -1.51. The molecule has 0 saturated heterocycles. The van der Waals surface area contributed by atoms with Crippen molar-refractivity contribution in [2.75, 3.05) is 0 Å². The molecule has 2 aromatic carbocycles. The van der Waals surface area contributed by atoms with Crippen LogP contribution in [-0.4, -0.2) is 5.25 Å². The molecule has 0 bridgehead atoms. The van der Waals surface area contributed by atoms with E-state index < -0.39 is 0 Å². The maximum atomic E-state index is 2.47. The van der Waals surface area contributed by atoms with E-state index in [1.807, 2.05) is 23.1 Å². The van der Waals surface area contributed by atoms with Gasteiger partial charge in [0.2, 0.25) is 0 Å². The fourth-order valence-corrected chi connectivity index (χ4v) is 6.05. The number of hydrogen-bond donors (Lipinski definition) is 0. The highest BCUT2D eigenvalue weighted by molar-refractivity contribution is 8.04. The third-order valence-electron chi connectivity index (χ3n) is 4.68. The van der Waals surface area contributed by atoms with Crippen molar-refractivity contribution in [3.8, 4) is 0 Å². The lowest BCUT2D eigenvalue weighted by atomic mass is 9.96. The molecule has 0 nitrogen and oxygen atoms in total. The van der Waals surface area contributed by atoms with Crippen LogP contribution in [0, 0.1) is 12.8 Å². The van der Waals surface area contributed by atoms with E-state index >= 15 is 0 Å². The number of hydrogen-bond acceptors (Lipinski definition) is 2. The van der Waals surface area contributed by atoms with E-state index in [0.717, 1.165) is 0 Å². The molecule has 2 heterocycles. The number of fused-ring (bicyclic) bond motifs is 5. The van der Waals surface area contributed by atoms with E-state index in [1.54, 1.807) is 0 Å². The highest BCUT2D eigenvalue weighted by Crippen LogP contribution is 2.39. The predicted octanol–water partition coefficient (Wildman–Crippen LogP) is 4.57. The van der Waals surface area contributed by atoms with Crippen LogP contribution in [0.4, 0.5) is 0 Å². The van der Waals surface area contributed by atoms with E-state index in [-0.39, 0.29) is 0 Å². The lowest BCUT2D eigenvalue weighted by Crippen LogP contribution is -2.32. The molecule has 0 N–H and O–H groups in total. The smallest absolute Gasteiger partial charge is 0.0378 e. The van der Waals surface area contributed by atoms with Gasteiger partial charge >= 0.3 is 0 Å². The van der Waals surface area contributed by atoms with E-state index in [9.17, 15) is 0 Å². The number of thiophene rings is 1. The van der Waals surface area contributed by atoms with Gasteiger partial charge in [-0.1, -0.05) is 30.4 Å². The molecule has 5 rings (SSSR count). The Bertz CT molecular complexity index is 1080. The highest BCUT2D eigenvalue weighted by atomic mass is 32.2. The van der Waals surface area contributed by atoms with Crippen LogP contribution in [0.15, 0.2) is 41.3 Å². The molecule has 1 aliphatic carbocycles. The zero-order chi connectivity index (χ0) is 14.8. The van der Waals surface area contributed by atoms with Crippen LogP contribution >= 0.6 is 23.1 Å². The van der Waals surface area contributed by atoms with Crippen molar-refractivity contribution in [2.24, 2.45) is 5.92 Å².